The summed E-state index contributed by atoms with van der Waals surface area (Å²) in [6, 6.07) is 22.5. The molecule has 0 N–H and O–H groups in total. The standard InChI is InChI=1S/C12H10.C2H3N/c1-3-7-11(8-4-1)12-9-5-2-6-10-12;1-2-3/h1-10H;1H3. The van der Waals surface area contributed by atoms with E-state index in [0.717, 1.165) is 0 Å². The van der Waals surface area contributed by atoms with Gasteiger partial charge in [-0.3, -0.25) is 0 Å². The number of benzene rings is 2. The maximum Gasteiger partial charge on any atom is 0.0587 e. The molecule has 1 nitrogen and oxygen atoms in total. The third-order valence-corrected chi connectivity index (χ3v) is 1.88. The molecule has 0 radical (unpaired) electrons. The first-order valence-corrected chi connectivity index (χ1v) is 4.79. The molecule has 15 heavy (non-hydrogen) atoms. The summed E-state index contributed by atoms with van der Waals surface area (Å²) < 4.78 is 0. The number of rotatable bonds is 1. The minimum absolute atomic E-state index is 1.28. The first-order valence-electron chi connectivity index (χ1n) is 4.79. The Kier molecular flexibility index (Phi) is 4.69. The van der Waals surface area contributed by atoms with Gasteiger partial charge in [-0.15, -0.1) is 0 Å². The van der Waals surface area contributed by atoms with Gasteiger partial charge in [-0.1, -0.05) is 60.7 Å². The summed E-state index contributed by atoms with van der Waals surface area (Å²) in [5.74, 6) is 0. The molecule has 0 saturated heterocycles. The van der Waals surface area contributed by atoms with Gasteiger partial charge in [-0.25, -0.2) is 0 Å². The Morgan fingerprint density at radius 2 is 1.00 bits per heavy atom. The number of hydrogen-bond donors (Lipinski definition) is 0. The van der Waals surface area contributed by atoms with Gasteiger partial charge in [0, 0.05) is 6.92 Å². The fourth-order valence-corrected chi connectivity index (χ4v) is 1.26. The van der Waals surface area contributed by atoms with Crippen molar-refractivity contribution in [1.29, 1.82) is 5.26 Å². The second kappa shape index (κ2) is 6.39. The lowest BCUT2D eigenvalue weighted by Crippen LogP contribution is -1.73. The van der Waals surface area contributed by atoms with E-state index < -0.39 is 0 Å². The van der Waals surface area contributed by atoms with Crippen LogP contribution in [-0.4, -0.2) is 0 Å². The Hall–Kier alpha value is -2.07. The van der Waals surface area contributed by atoms with Gasteiger partial charge < -0.3 is 0 Å². The van der Waals surface area contributed by atoms with Crippen LogP contribution < -0.4 is 0 Å². The zero-order valence-electron chi connectivity index (χ0n) is 8.72. The third kappa shape index (κ3) is 3.66. The molecule has 0 heterocycles. The van der Waals surface area contributed by atoms with Crippen molar-refractivity contribution in [3.63, 3.8) is 0 Å². The van der Waals surface area contributed by atoms with Gasteiger partial charge in [0.15, 0.2) is 0 Å². The van der Waals surface area contributed by atoms with Crippen molar-refractivity contribution in [2.75, 3.05) is 0 Å². The van der Waals surface area contributed by atoms with Crippen molar-refractivity contribution in [3.05, 3.63) is 60.7 Å². The Bertz CT molecular complexity index is 375. The minimum Gasteiger partial charge on any atom is -0.199 e. The van der Waals surface area contributed by atoms with E-state index in [-0.39, 0.29) is 0 Å². The Morgan fingerprint density at radius 3 is 1.27 bits per heavy atom. The lowest BCUT2D eigenvalue weighted by Gasteiger charge is -1.98. The van der Waals surface area contributed by atoms with Crippen molar-refractivity contribution < 1.29 is 0 Å². The highest BCUT2D eigenvalue weighted by molar-refractivity contribution is 5.62. The molecular weight excluding hydrogens is 182 g/mol. The summed E-state index contributed by atoms with van der Waals surface area (Å²) in [5, 5.41) is 7.32. The molecule has 0 atom stereocenters. The Balaban J connectivity index is 0.000000337. The zero-order valence-corrected chi connectivity index (χ0v) is 8.72. The summed E-state index contributed by atoms with van der Waals surface area (Å²) in [7, 11) is 0. The molecule has 2 aromatic rings. The van der Waals surface area contributed by atoms with Crippen LogP contribution in [0, 0.1) is 11.3 Å². The van der Waals surface area contributed by atoms with Crippen LogP contribution in [0.4, 0.5) is 0 Å². The van der Waals surface area contributed by atoms with Crippen LogP contribution in [0.5, 0.6) is 0 Å². The SMILES string of the molecule is CC#N.c1ccc(-c2ccccc2)cc1. The summed E-state index contributed by atoms with van der Waals surface area (Å²) in [6.07, 6.45) is 0. The highest BCUT2D eigenvalue weighted by atomic mass is 14.2. The van der Waals surface area contributed by atoms with Crippen molar-refractivity contribution >= 4 is 0 Å². The van der Waals surface area contributed by atoms with E-state index >= 15 is 0 Å². The van der Waals surface area contributed by atoms with Crippen LogP contribution in [0.15, 0.2) is 60.7 Å². The van der Waals surface area contributed by atoms with Gasteiger partial charge in [0.25, 0.3) is 0 Å². The van der Waals surface area contributed by atoms with E-state index in [1.807, 2.05) is 12.1 Å². The highest BCUT2D eigenvalue weighted by Crippen LogP contribution is 2.17. The first-order chi connectivity index (χ1) is 7.38. The molecule has 0 bridgehead atoms. The van der Waals surface area contributed by atoms with Crippen molar-refractivity contribution in [2.45, 2.75) is 6.92 Å². The van der Waals surface area contributed by atoms with Crippen LogP contribution in [-0.2, 0) is 0 Å². The van der Waals surface area contributed by atoms with Crippen molar-refractivity contribution in [2.24, 2.45) is 0 Å². The number of nitriles is 1. The topological polar surface area (TPSA) is 23.8 Å². The first kappa shape index (κ1) is 11.0. The zero-order chi connectivity index (χ0) is 10.9. The Labute approximate surface area is 90.6 Å². The van der Waals surface area contributed by atoms with Crippen LogP contribution >= 0.6 is 0 Å². The second-order valence-electron chi connectivity index (χ2n) is 2.96. The smallest absolute Gasteiger partial charge is 0.0587 e. The molecule has 0 aliphatic rings. The summed E-state index contributed by atoms with van der Waals surface area (Å²) in [6.45, 7) is 1.43. The maximum absolute atomic E-state index is 7.32. The normalized spacial score (nSPS) is 8.27. The summed E-state index contributed by atoms with van der Waals surface area (Å²) >= 11 is 0. The van der Waals surface area contributed by atoms with Crippen molar-refractivity contribution in [1.82, 2.24) is 0 Å². The molecule has 0 amide bonds. The predicted octanol–water partition coefficient (Wildman–Crippen LogP) is 3.88. The highest BCUT2D eigenvalue weighted by Gasteiger charge is 1.91. The number of nitrogens with zero attached hydrogens (tertiary/aromatic N) is 1. The van der Waals surface area contributed by atoms with Crippen LogP contribution in [0.1, 0.15) is 6.92 Å². The predicted molar refractivity (Wildman–Crippen MR) is 63.2 cm³/mol. The van der Waals surface area contributed by atoms with Crippen LogP contribution in [0.2, 0.25) is 0 Å². The molecule has 2 rings (SSSR count). The second-order valence-corrected chi connectivity index (χ2v) is 2.96. The van der Waals surface area contributed by atoms with Crippen molar-refractivity contribution in [3.8, 4) is 17.2 Å². The molecule has 0 spiro atoms. The van der Waals surface area contributed by atoms with Gasteiger partial charge >= 0.3 is 0 Å². The molecule has 0 aliphatic heterocycles. The average Bonchev–Trinajstić information content (AvgIpc) is 2.32. The molecule has 2 aromatic carbocycles. The van der Waals surface area contributed by atoms with Gasteiger partial charge in [0.1, 0.15) is 0 Å². The molecule has 0 aromatic heterocycles. The van der Waals surface area contributed by atoms with Gasteiger partial charge in [-0.2, -0.15) is 5.26 Å². The molecule has 0 unspecified atom stereocenters. The monoisotopic (exact) mass is 195 g/mol. The van der Waals surface area contributed by atoms with E-state index in [4.69, 9.17) is 5.26 Å². The number of hydrogen-bond acceptors (Lipinski definition) is 1. The van der Waals surface area contributed by atoms with Gasteiger partial charge in [0.05, 0.1) is 6.07 Å². The molecule has 1 heteroatoms. The fraction of sp³-hybridized carbons (Fsp3) is 0.0714. The van der Waals surface area contributed by atoms with Crippen LogP contribution in [0.3, 0.4) is 0 Å². The Morgan fingerprint density at radius 1 is 0.733 bits per heavy atom. The largest absolute Gasteiger partial charge is 0.199 e. The van der Waals surface area contributed by atoms with Gasteiger partial charge in [0.2, 0.25) is 0 Å². The fourth-order valence-electron chi connectivity index (χ4n) is 1.26. The molecule has 0 fully saturated rings. The maximum atomic E-state index is 7.32. The quantitative estimate of drug-likeness (QED) is 0.677. The minimum atomic E-state index is 1.28. The lowest BCUT2D eigenvalue weighted by atomic mass is 10.1. The summed E-state index contributed by atoms with van der Waals surface area (Å²) in [5.41, 5.74) is 2.55. The lowest BCUT2D eigenvalue weighted by molar-refractivity contribution is 1.49. The van der Waals surface area contributed by atoms with Gasteiger partial charge in [-0.05, 0) is 11.1 Å². The van der Waals surface area contributed by atoms with E-state index in [1.54, 1.807) is 6.07 Å². The molecule has 0 aliphatic carbocycles. The third-order valence-electron chi connectivity index (χ3n) is 1.88. The summed E-state index contributed by atoms with van der Waals surface area (Å²) in [4.78, 5) is 0. The molecule has 74 valence electrons. The van der Waals surface area contributed by atoms with E-state index in [1.165, 1.54) is 18.1 Å². The molecule has 0 saturated carbocycles. The van der Waals surface area contributed by atoms with Crippen LogP contribution in [0.25, 0.3) is 11.1 Å². The van der Waals surface area contributed by atoms with E-state index in [2.05, 4.69) is 48.5 Å². The molecular formula is C14H13N. The average molecular weight is 195 g/mol. The van der Waals surface area contributed by atoms with E-state index in [0.29, 0.717) is 0 Å². The van der Waals surface area contributed by atoms with E-state index in [9.17, 15) is 0 Å².